The Bertz CT molecular complexity index is 841. The molecule has 0 aromatic heterocycles. The maximum Gasteiger partial charge on any atom is 0.269 e. The lowest BCUT2D eigenvalue weighted by atomic mass is 9.96. The molecule has 2 aromatic carbocycles. The van der Waals surface area contributed by atoms with Crippen molar-refractivity contribution in [2.24, 2.45) is 0 Å². The van der Waals surface area contributed by atoms with E-state index < -0.39 is 23.4 Å². The van der Waals surface area contributed by atoms with Gasteiger partial charge in [-0.2, -0.15) is 0 Å². The number of nitro benzene ring substituents is 1. The summed E-state index contributed by atoms with van der Waals surface area (Å²) in [5.74, 6) is -1.88. The zero-order valence-electron chi connectivity index (χ0n) is 14.6. The van der Waals surface area contributed by atoms with Gasteiger partial charge in [0, 0.05) is 41.5 Å². The zero-order valence-corrected chi connectivity index (χ0v) is 15.3. The van der Waals surface area contributed by atoms with Gasteiger partial charge in [0.1, 0.15) is 0 Å². The van der Waals surface area contributed by atoms with Gasteiger partial charge in [-0.05, 0) is 17.5 Å². The first kappa shape index (κ1) is 20.4. The van der Waals surface area contributed by atoms with Gasteiger partial charge in [-0.25, -0.2) is 0 Å². The van der Waals surface area contributed by atoms with Crippen LogP contribution in [0, 0.1) is 10.1 Å². The van der Waals surface area contributed by atoms with E-state index in [0.29, 0.717) is 0 Å². The topological polar surface area (TPSA) is 112 Å². The molecule has 27 heavy (non-hydrogen) atoms. The van der Waals surface area contributed by atoms with E-state index in [1.165, 1.54) is 12.1 Å². The third-order valence-corrected chi connectivity index (χ3v) is 4.48. The second kappa shape index (κ2) is 9.14. The summed E-state index contributed by atoms with van der Waals surface area (Å²) < 4.78 is 0. The Morgan fingerprint density at radius 3 is 2.41 bits per heavy atom. The van der Waals surface area contributed by atoms with Crippen molar-refractivity contribution in [2.75, 3.05) is 0 Å². The van der Waals surface area contributed by atoms with Gasteiger partial charge in [-0.3, -0.25) is 14.9 Å². The summed E-state index contributed by atoms with van der Waals surface area (Å²) >= 11 is 6.08. The number of hydrogen-bond acceptors (Lipinski definition) is 5. The van der Waals surface area contributed by atoms with Crippen molar-refractivity contribution < 1.29 is 19.6 Å². The molecule has 2 rings (SSSR count). The van der Waals surface area contributed by atoms with Crippen LogP contribution in [0.2, 0.25) is 5.02 Å². The number of aliphatic carboxylic acids is 1. The Hall–Kier alpha value is -2.93. The van der Waals surface area contributed by atoms with Crippen LogP contribution < -0.4 is 10.4 Å². The number of benzene rings is 2. The normalized spacial score (nSPS) is 12.8. The molecule has 0 unspecified atom stereocenters. The van der Waals surface area contributed by atoms with Crippen LogP contribution in [-0.2, 0) is 9.59 Å². The Kier molecular flexibility index (Phi) is 6.90. The van der Waals surface area contributed by atoms with Gasteiger partial charge in [0.2, 0.25) is 5.91 Å². The maximum absolute atomic E-state index is 12.4. The van der Waals surface area contributed by atoms with E-state index in [1.54, 1.807) is 0 Å². The number of nitro groups is 1. The number of amides is 1. The first-order valence-electron chi connectivity index (χ1n) is 8.26. The van der Waals surface area contributed by atoms with Crippen LogP contribution in [0.3, 0.4) is 0 Å². The van der Waals surface area contributed by atoms with E-state index in [-0.39, 0.29) is 34.5 Å². The highest BCUT2D eigenvalue weighted by molar-refractivity contribution is 6.31. The first-order valence-corrected chi connectivity index (χ1v) is 8.63. The van der Waals surface area contributed by atoms with Crippen molar-refractivity contribution in [3.63, 3.8) is 0 Å². The standard InChI is InChI=1S/C19H19ClN2O5/c1-12(13-5-3-2-4-6-13)9-18(23)21-17(11-19(24)25)15-10-14(22(26)27)7-8-16(15)20/h2-8,10,12,17H,9,11H2,1H3,(H,21,23)(H,24,25)/p-1/t12-,17+/m0/s1. The number of carboxylic acid groups (broad SMARTS) is 1. The first-order chi connectivity index (χ1) is 12.8. The summed E-state index contributed by atoms with van der Waals surface area (Å²) in [6.07, 6.45) is -0.424. The second-order valence-electron chi connectivity index (χ2n) is 6.18. The number of carbonyl (C=O) groups excluding carboxylic acids is 2. The molecule has 0 spiro atoms. The third kappa shape index (κ3) is 5.79. The Labute approximate surface area is 161 Å². The third-order valence-electron chi connectivity index (χ3n) is 4.13. The van der Waals surface area contributed by atoms with E-state index in [2.05, 4.69) is 5.32 Å². The summed E-state index contributed by atoms with van der Waals surface area (Å²) in [6, 6.07) is 12.0. The predicted molar refractivity (Wildman–Crippen MR) is 98.1 cm³/mol. The van der Waals surface area contributed by atoms with E-state index in [1.807, 2.05) is 37.3 Å². The highest BCUT2D eigenvalue weighted by Crippen LogP contribution is 2.29. The zero-order chi connectivity index (χ0) is 20.0. The molecule has 0 fully saturated rings. The molecule has 1 N–H and O–H groups in total. The smallest absolute Gasteiger partial charge is 0.269 e. The molecule has 0 radical (unpaired) electrons. The van der Waals surface area contributed by atoms with Crippen molar-refractivity contribution in [3.05, 3.63) is 74.8 Å². The van der Waals surface area contributed by atoms with Crippen molar-refractivity contribution in [1.82, 2.24) is 5.32 Å². The van der Waals surface area contributed by atoms with Crippen molar-refractivity contribution >= 4 is 29.2 Å². The average molecular weight is 390 g/mol. The lowest BCUT2D eigenvalue weighted by molar-refractivity contribution is -0.385. The molecule has 0 aliphatic heterocycles. The fourth-order valence-corrected chi connectivity index (χ4v) is 3.00. The predicted octanol–water partition coefficient (Wildman–Crippen LogP) is 2.74. The van der Waals surface area contributed by atoms with Gasteiger partial charge >= 0.3 is 0 Å². The highest BCUT2D eigenvalue weighted by atomic mass is 35.5. The number of halogens is 1. The SMILES string of the molecule is C[C@@H](CC(=O)N[C@H](CC(=O)[O-])c1cc([N+](=O)[O-])ccc1Cl)c1ccccc1. The molecule has 0 bridgehead atoms. The van der Waals surface area contributed by atoms with Crippen LogP contribution in [0.4, 0.5) is 5.69 Å². The number of rotatable bonds is 8. The van der Waals surface area contributed by atoms with Crippen LogP contribution in [0.1, 0.15) is 42.9 Å². The van der Waals surface area contributed by atoms with Gasteiger partial charge in [-0.15, -0.1) is 0 Å². The van der Waals surface area contributed by atoms with E-state index in [9.17, 15) is 24.8 Å². The van der Waals surface area contributed by atoms with E-state index in [0.717, 1.165) is 11.6 Å². The largest absolute Gasteiger partial charge is 0.550 e. The molecular formula is C19H18ClN2O5-. The summed E-state index contributed by atoms with van der Waals surface area (Å²) in [5.41, 5.74) is 0.887. The van der Waals surface area contributed by atoms with Crippen LogP contribution in [0.15, 0.2) is 48.5 Å². The molecule has 0 saturated carbocycles. The van der Waals surface area contributed by atoms with Crippen molar-refractivity contribution in [1.29, 1.82) is 0 Å². The van der Waals surface area contributed by atoms with Crippen molar-refractivity contribution in [2.45, 2.75) is 31.7 Å². The Morgan fingerprint density at radius 1 is 1.15 bits per heavy atom. The average Bonchev–Trinajstić information content (AvgIpc) is 2.61. The number of carbonyl (C=O) groups is 2. The lowest BCUT2D eigenvalue weighted by Crippen LogP contribution is -2.34. The van der Waals surface area contributed by atoms with Crippen LogP contribution >= 0.6 is 11.6 Å². The van der Waals surface area contributed by atoms with Crippen LogP contribution in [0.25, 0.3) is 0 Å². The molecule has 0 aliphatic rings. The molecule has 142 valence electrons. The molecule has 8 heteroatoms. The second-order valence-corrected chi connectivity index (χ2v) is 6.58. The monoisotopic (exact) mass is 389 g/mol. The molecule has 7 nitrogen and oxygen atoms in total. The molecule has 0 heterocycles. The van der Waals surface area contributed by atoms with Gasteiger partial charge < -0.3 is 15.2 Å². The van der Waals surface area contributed by atoms with E-state index in [4.69, 9.17) is 11.6 Å². The minimum Gasteiger partial charge on any atom is -0.550 e. The fraction of sp³-hybridized carbons (Fsp3) is 0.263. The number of non-ortho nitro benzene ring substituents is 1. The molecule has 2 atom stereocenters. The van der Waals surface area contributed by atoms with Gasteiger partial charge in [0.25, 0.3) is 5.69 Å². The van der Waals surface area contributed by atoms with Gasteiger partial charge in [0.15, 0.2) is 0 Å². The number of nitrogens with one attached hydrogen (secondary N) is 1. The van der Waals surface area contributed by atoms with Crippen molar-refractivity contribution in [3.8, 4) is 0 Å². The molecule has 0 aliphatic carbocycles. The number of nitrogens with zero attached hydrogens (tertiary/aromatic N) is 1. The lowest BCUT2D eigenvalue weighted by Gasteiger charge is -2.22. The Morgan fingerprint density at radius 2 is 1.81 bits per heavy atom. The summed E-state index contributed by atoms with van der Waals surface area (Å²) in [5, 5.41) is 24.8. The quantitative estimate of drug-likeness (QED) is 0.551. The Balaban J connectivity index is 2.19. The molecule has 0 saturated heterocycles. The fourth-order valence-electron chi connectivity index (χ4n) is 2.75. The number of carboxylic acids is 1. The summed E-state index contributed by atoms with van der Waals surface area (Å²) in [7, 11) is 0. The summed E-state index contributed by atoms with van der Waals surface area (Å²) in [6.45, 7) is 1.88. The van der Waals surface area contributed by atoms with Gasteiger partial charge in [0.05, 0.1) is 11.0 Å². The molecule has 2 aromatic rings. The van der Waals surface area contributed by atoms with Crippen LogP contribution in [-0.4, -0.2) is 16.8 Å². The van der Waals surface area contributed by atoms with Gasteiger partial charge in [-0.1, -0.05) is 48.9 Å². The number of hydrogen-bond donors (Lipinski definition) is 1. The van der Waals surface area contributed by atoms with E-state index >= 15 is 0 Å². The minimum atomic E-state index is -1.40. The summed E-state index contributed by atoms with van der Waals surface area (Å²) in [4.78, 5) is 33.9. The maximum atomic E-state index is 12.4. The minimum absolute atomic E-state index is 0.0876. The highest BCUT2D eigenvalue weighted by Gasteiger charge is 2.22. The molecular weight excluding hydrogens is 372 g/mol. The van der Waals surface area contributed by atoms with Crippen LogP contribution in [0.5, 0.6) is 0 Å². The molecule has 1 amide bonds.